The van der Waals surface area contributed by atoms with E-state index in [-0.39, 0.29) is 11.2 Å². The van der Waals surface area contributed by atoms with Crippen LogP contribution in [0.4, 0.5) is 4.39 Å². The van der Waals surface area contributed by atoms with Crippen LogP contribution in [-0.2, 0) is 6.54 Å². The molecule has 1 aromatic heterocycles. The van der Waals surface area contributed by atoms with Gasteiger partial charge in [-0.25, -0.2) is 9.37 Å². The molecule has 1 unspecified atom stereocenters. The van der Waals surface area contributed by atoms with E-state index in [1.807, 2.05) is 6.92 Å². The van der Waals surface area contributed by atoms with E-state index in [9.17, 15) is 4.39 Å². The fourth-order valence-corrected chi connectivity index (χ4v) is 3.72. The van der Waals surface area contributed by atoms with Crippen molar-refractivity contribution in [1.29, 1.82) is 0 Å². The number of nitrogens with zero attached hydrogens (tertiary/aromatic N) is 2. The average Bonchev–Trinajstić information content (AvgIpc) is 3.33. The van der Waals surface area contributed by atoms with Gasteiger partial charge in [0.15, 0.2) is 0 Å². The molecule has 1 atom stereocenters. The maximum Gasteiger partial charge on any atom is 0.127 e. The molecule has 0 spiro atoms. The molecule has 1 heterocycles. The second kappa shape index (κ2) is 4.98. The average molecular weight is 307 g/mol. The molecule has 2 saturated carbocycles. The molecule has 0 aliphatic heterocycles. The zero-order valence-electron chi connectivity index (χ0n) is 12.2. The molecule has 2 aromatic rings. The normalized spacial score (nSPS) is 20.4. The van der Waals surface area contributed by atoms with E-state index in [1.54, 1.807) is 12.1 Å². The number of aromatic nitrogens is 2. The molecule has 0 amide bonds. The summed E-state index contributed by atoms with van der Waals surface area (Å²) in [6.45, 7) is 2.89. The van der Waals surface area contributed by atoms with Crippen LogP contribution in [0.1, 0.15) is 43.8 Å². The summed E-state index contributed by atoms with van der Waals surface area (Å²) in [5.74, 6) is 3.12. The van der Waals surface area contributed by atoms with Gasteiger partial charge in [-0.2, -0.15) is 0 Å². The molecule has 0 saturated heterocycles. The van der Waals surface area contributed by atoms with Crippen LogP contribution < -0.4 is 0 Å². The molecular weight excluding hydrogens is 287 g/mol. The molecule has 2 nitrogen and oxygen atoms in total. The van der Waals surface area contributed by atoms with Crippen LogP contribution in [0.2, 0.25) is 0 Å². The van der Waals surface area contributed by atoms with Crippen LogP contribution in [0.15, 0.2) is 18.2 Å². The van der Waals surface area contributed by atoms with Crippen molar-refractivity contribution in [1.82, 2.24) is 9.55 Å². The fourth-order valence-electron chi connectivity index (χ4n) is 3.55. The summed E-state index contributed by atoms with van der Waals surface area (Å²) in [4.78, 5) is 4.63. The van der Waals surface area contributed by atoms with Crippen LogP contribution in [0.5, 0.6) is 0 Å². The Morgan fingerprint density at radius 3 is 2.52 bits per heavy atom. The van der Waals surface area contributed by atoms with Gasteiger partial charge in [0.1, 0.15) is 11.6 Å². The van der Waals surface area contributed by atoms with E-state index in [4.69, 9.17) is 11.6 Å². The molecule has 2 aliphatic carbocycles. The number of hydrogen-bond donors (Lipinski definition) is 0. The summed E-state index contributed by atoms with van der Waals surface area (Å²) >= 11 is 6.32. The highest BCUT2D eigenvalue weighted by molar-refractivity contribution is 6.20. The maximum atomic E-state index is 13.6. The third kappa shape index (κ3) is 2.57. The van der Waals surface area contributed by atoms with Crippen molar-refractivity contribution in [2.24, 2.45) is 17.8 Å². The Hall–Kier alpha value is -1.09. The Bertz CT molecular complexity index is 659. The molecule has 2 aliphatic rings. The highest BCUT2D eigenvalue weighted by Crippen LogP contribution is 2.50. The number of fused-ring (bicyclic) bond motifs is 1. The summed E-state index contributed by atoms with van der Waals surface area (Å²) in [6, 6.07) is 4.83. The Kier molecular flexibility index (Phi) is 3.21. The molecule has 0 N–H and O–H groups in total. The molecule has 0 radical (unpaired) electrons. The molecule has 1 aromatic carbocycles. The summed E-state index contributed by atoms with van der Waals surface area (Å²) in [5.41, 5.74) is 1.74. The first kappa shape index (κ1) is 13.6. The highest BCUT2D eigenvalue weighted by atomic mass is 35.5. The number of benzene rings is 1. The molecular formula is C17H20ClFN2. The number of hydrogen-bond acceptors (Lipinski definition) is 1. The minimum absolute atomic E-state index is 0.153. The second-order valence-corrected chi connectivity index (χ2v) is 7.32. The lowest BCUT2D eigenvalue weighted by Gasteiger charge is -2.19. The Labute approximate surface area is 129 Å². The first-order valence-electron chi connectivity index (χ1n) is 7.93. The topological polar surface area (TPSA) is 17.8 Å². The molecule has 21 heavy (non-hydrogen) atoms. The van der Waals surface area contributed by atoms with Gasteiger partial charge in [-0.05, 0) is 68.6 Å². The zero-order valence-corrected chi connectivity index (χ0v) is 13.0. The first-order chi connectivity index (χ1) is 10.1. The first-order valence-corrected chi connectivity index (χ1v) is 8.37. The van der Waals surface area contributed by atoms with Gasteiger partial charge < -0.3 is 4.57 Å². The third-order valence-electron chi connectivity index (χ3n) is 4.94. The van der Waals surface area contributed by atoms with E-state index in [0.717, 1.165) is 41.2 Å². The van der Waals surface area contributed by atoms with Gasteiger partial charge in [0.05, 0.1) is 16.4 Å². The minimum Gasteiger partial charge on any atom is -0.326 e. The molecule has 4 heteroatoms. The van der Waals surface area contributed by atoms with Crippen molar-refractivity contribution in [3.8, 4) is 0 Å². The van der Waals surface area contributed by atoms with Crippen molar-refractivity contribution >= 4 is 22.6 Å². The lowest BCUT2D eigenvalue weighted by molar-refractivity contribution is 0.348. The lowest BCUT2D eigenvalue weighted by atomic mass is 9.97. The fraction of sp³-hybridized carbons (Fsp3) is 0.588. The molecule has 112 valence electrons. The molecule has 4 rings (SSSR count). The number of imidazole rings is 1. The van der Waals surface area contributed by atoms with Gasteiger partial charge in [-0.15, -0.1) is 11.6 Å². The summed E-state index contributed by atoms with van der Waals surface area (Å²) < 4.78 is 15.8. The van der Waals surface area contributed by atoms with Crippen molar-refractivity contribution in [3.05, 3.63) is 29.8 Å². The summed E-state index contributed by atoms with van der Waals surface area (Å²) in [5, 5.41) is -0.153. The van der Waals surface area contributed by atoms with Gasteiger partial charge in [-0.3, -0.25) is 0 Å². The number of halogens is 2. The van der Waals surface area contributed by atoms with E-state index in [0.29, 0.717) is 0 Å². The molecule has 2 fully saturated rings. The highest BCUT2D eigenvalue weighted by Gasteiger charge is 2.41. The maximum absolute atomic E-state index is 13.6. The van der Waals surface area contributed by atoms with Crippen LogP contribution >= 0.6 is 11.6 Å². The van der Waals surface area contributed by atoms with Gasteiger partial charge in [-0.1, -0.05) is 0 Å². The number of alkyl halides is 1. The zero-order chi connectivity index (χ0) is 14.6. The van der Waals surface area contributed by atoms with Crippen LogP contribution in [0.3, 0.4) is 0 Å². The minimum atomic E-state index is -0.202. The largest absolute Gasteiger partial charge is 0.326 e. The van der Waals surface area contributed by atoms with Gasteiger partial charge in [0.25, 0.3) is 0 Å². The van der Waals surface area contributed by atoms with E-state index in [2.05, 4.69) is 9.55 Å². The van der Waals surface area contributed by atoms with Crippen LogP contribution in [0.25, 0.3) is 11.0 Å². The van der Waals surface area contributed by atoms with Crippen LogP contribution in [0, 0.1) is 23.6 Å². The second-order valence-electron chi connectivity index (χ2n) is 6.67. The van der Waals surface area contributed by atoms with Gasteiger partial charge in [0.2, 0.25) is 0 Å². The lowest BCUT2D eigenvalue weighted by Crippen LogP contribution is -2.17. The SMILES string of the molecule is CC(Cl)c1nc2ccc(F)cc2n1CC(C1CC1)C1CC1. The Morgan fingerprint density at radius 1 is 1.29 bits per heavy atom. The van der Waals surface area contributed by atoms with Gasteiger partial charge >= 0.3 is 0 Å². The quantitative estimate of drug-likeness (QED) is 0.718. The van der Waals surface area contributed by atoms with Gasteiger partial charge in [0, 0.05) is 6.54 Å². The van der Waals surface area contributed by atoms with E-state index in [1.165, 1.54) is 31.7 Å². The van der Waals surface area contributed by atoms with Crippen LogP contribution in [-0.4, -0.2) is 9.55 Å². The summed E-state index contributed by atoms with van der Waals surface area (Å²) in [7, 11) is 0. The van der Waals surface area contributed by atoms with Crippen molar-refractivity contribution < 1.29 is 4.39 Å². The molecule has 0 bridgehead atoms. The number of rotatable bonds is 5. The van der Waals surface area contributed by atoms with Crippen molar-refractivity contribution in [2.75, 3.05) is 0 Å². The van der Waals surface area contributed by atoms with E-state index < -0.39 is 0 Å². The monoisotopic (exact) mass is 306 g/mol. The standard InChI is InChI=1S/C17H20ClFN2/c1-10(18)17-20-15-7-6-13(19)8-16(15)21(17)9-14(11-2-3-11)12-4-5-12/h6-8,10-12,14H,2-5,9H2,1H3. The predicted octanol–water partition coefficient (Wildman–Crippen LogP) is 4.91. The van der Waals surface area contributed by atoms with Crippen molar-refractivity contribution in [2.45, 2.75) is 44.5 Å². The van der Waals surface area contributed by atoms with E-state index >= 15 is 0 Å². The predicted molar refractivity (Wildman–Crippen MR) is 82.9 cm³/mol. The smallest absolute Gasteiger partial charge is 0.127 e. The third-order valence-corrected chi connectivity index (χ3v) is 5.14. The van der Waals surface area contributed by atoms with Crippen molar-refractivity contribution in [3.63, 3.8) is 0 Å². The Morgan fingerprint density at radius 2 is 1.95 bits per heavy atom. The summed E-state index contributed by atoms with van der Waals surface area (Å²) in [6.07, 6.45) is 5.42. The Balaban J connectivity index is 1.77.